The van der Waals surface area contributed by atoms with Crippen molar-refractivity contribution in [1.29, 1.82) is 0 Å². The molecule has 1 aliphatic heterocycles. The van der Waals surface area contributed by atoms with E-state index in [9.17, 15) is 4.79 Å². The second kappa shape index (κ2) is 2.13. The fraction of sp³-hybridized carbons (Fsp3) is 0.800. The summed E-state index contributed by atoms with van der Waals surface area (Å²) in [7, 11) is 0. The molecule has 0 spiro atoms. The van der Waals surface area contributed by atoms with Crippen LogP contribution in [0, 0.1) is 5.92 Å². The van der Waals surface area contributed by atoms with Gasteiger partial charge in [0.25, 0.3) is 0 Å². The normalized spacial score (nSPS) is 53.6. The van der Waals surface area contributed by atoms with Crippen LogP contribution in [0.3, 0.4) is 0 Å². The lowest BCUT2D eigenvalue weighted by Gasteiger charge is -1.97. The summed E-state index contributed by atoms with van der Waals surface area (Å²) in [6.07, 6.45) is -2.64. The molecule has 8 heavy (non-hydrogen) atoms. The first-order valence-corrected chi connectivity index (χ1v) is 2.11. The summed E-state index contributed by atoms with van der Waals surface area (Å²) in [6.45, 7) is -5.08. The molecule has 0 aromatic rings. The second-order valence-corrected chi connectivity index (χ2v) is 1.34. The molecule has 1 rings (SSSR count). The zero-order valence-electron chi connectivity index (χ0n) is 10.1. The molecule has 1 heterocycles. The molecule has 0 aliphatic carbocycles. The third-order valence-electron chi connectivity index (χ3n) is 0.772. The summed E-state index contributed by atoms with van der Waals surface area (Å²) in [6, 6.07) is 0. The van der Waals surface area contributed by atoms with Crippen LogP contribution in [-0.4, -0.2) is 18.9 Å². The molecule has 46 valence electrons. The van der Waals surface area contributed by atoms with Gasteiger partial charge >= 0.3 is 0 Å². The van der Waals surface area contributed by atoms with Crippen LogP contribution in [-0.2, 0) is 4.79 Å². The number of amides is 1. The van der Waals surface area contributed by atoms with Gasteiger partial charge in [-0.1, -0.05) is 0 Å². The maximum absolute atomic E-state index is 11.0. The molecule has 1 unspecified atom stereocenters. The van der Waals surface area contributed by atoms with Crippen molar-refractivity contribution in [1.82, 2.24) is 5.32 Å². The fourth-order valence-electron chi connectivity index (χ4n) is 0.424. The van der Waals surface area contributed by atoms with Crippen molar-refractivity contribution in [3.05, 3.63) is 0 Å². The zero-order chi connectivity index (χ0) is 11.4. The SMILES string of the molecule is [2H]C([2H])(N)C1C([2H])([2H])NC(=O)C1([2H])[2H]. The van der Waals surface area contributed by atoms with Crippen molar-refractivity contribution < 1.29 is 13.0 Å². The van der Waals surface area contributed by atoms with E-state index in [2.05, 4.69) is 0 Å². The topological polar surface area (TPSA) is 55.1 Å². The summed E-state index contributed by atoms with van der Waals surface area (Å²) < 4.78 is 43.2. The van der Waals surface area contributed by atoms with Gasteiger partial charge < -0.3 is 11.1 Å². The lowest BCUT2D eigenvalue weighted by Crippen LogP contribution is -2.17. The first kappa shape index (κ1) is 1.70. The van der Waals surface area contributed by atoms with E-state index in [1.807, 2.05) is 0 Å². The molecule has 0 aromatic heterocycles. The molecule has 3 N–H and O–H groups in total. The number of nitrogens with two attached hydrogens (primary N) is 1. The van der Waals surface area contributed by atoms with Crippen molar-refractivity contribution >= 4 is 5.91 Å². The smallest absolute Gasteiger partial charge is 0.220 e. The van der Waals surface area contributed by atoms with Crippen LogP contribution < -0.4 is 11.1 Å². The Kier molecular flexibility index (Phi) is 0.454. The van der Waals surface area contributed by atoms with Gasteiger partial charge in [0, 0.05) is 21.1 Å². The third kappa shape index (κ3) is 0.980. The quantitative estimate of drug-likeness (QED) is 0.470. The number of rotatable bonds is 1. The summed E-state index contributed by atoms with van der Waals surface area (Å²) in [5.74, 6) is -3.04. The van der Waals surface area contributed by atoms with Gasteiger partial charge in [-0.05, 0) is 12.4 Å². The number of nitrogens with one attached hydrogen (secondary N) is 1. The van der Waals surface area contributed by atoms with Crippen molar-refractivity contribution in [3.63, 3.8) is 0 Å². The zero-order valence-corrected chi connectivity index (χ0v) is 4.06. The third-order valence-corrected chi connectivity index (χ3v) is 0.772. The Hall–Kier alpha value is -0.570. The van der Waals surface area contributed by atoms with Gasteiger partial charge in [-0.25, -0.2) is 0 Å². The first-order chi connectivity index (χ1) is 5.99. The summed E-state index contributed by atoms with van der Waals surface area (Å²) in [4.78, 5) is 11.0. The van der Waals surface area contributed by atoms with Crippen molar-refractivity contribution in [2.24, 2.45) is 11.7 Å². The molecule has 0 radical (unpaired) electrons. The monoisotopic (exact) mass is 120 g/mol. The average molecular weight is 120 g/mol. The predicted molar refractivity (Wildman–Crippen MR) is 30.2 cm³/mol. The van der Waals surface area contributed by atoms with Crippen molar-refractivity contribution in [2.45, 2.75) is 6.37 Å². The standard InChI is InChI=1S/C5H10N2O/c6-2-4-1-5(8)7-3-4/h4H,1-3,6H2,(H,7,8)/i1D2,2D2,3D2. The molecule has 1 atom stereocenters. The van der Waals surface area contributed by atoms with Crippen molar-refractivity contribution in [3.8, 4) is 0 Å². The summed E-state index contributed by atoms with van der Waals surface area (Å²) in [5, 5.41) is 1.74. The van der Waals surface area contributed by atoms with E-state index in [4.69, 9.17) is 14.0 Å². The van der Waals surface area contributed by atoms with Gasteiger partial charge in [-0.2, -0.15) is 0 Å². The van der Waals surface area contributed by atoms with Crippen LogP contribution in [0.15, 0.2) is 0 Å². The predicted octanol–water partition coefficient (Wildman–Crippen LogP) is -0.919. The van der Waals surface area contributed by atoms with E-state index in [1.165, 1.54) is 0 Å². The Balaban J connectivity index is 3.18. The van der Waals surface area contributed by atoms with Gasteiger partial charge in [0.2, 0.25) is 5.91 Å². The Morgan fingerprint density at radius 1 is 2.25 bits per heavy atom. The van der Waals surface area contributed by atoms with E-state index >= 15 is 0 Å². The van der Waals surface area contributed by atoms with Crippen LogP contribution in [0.1, 0.15) is 14.6 Å². The van der Waals surface area contributed by atoms with Gasteiger partial charge in [-0.15, -0.1) is 0 Å². The Morgan fingerprint density at radius 2 is 3.00 bits per heavy atom. The minimum absolute atomic E-state index is 1.18. The van der Waals surface area contributed by atoms with Crippen LogP contribution in [0.25, 0.3) is 0 Å². The first-order valence-electron chi connectivity index (χ1n) is 5.11. The van der Waals surface area contributed by atoms with Crippen LogP contribution >= 0.6 is 0 Å². The minimum Gasteiger partial charge on any atom is -0.356 e. The Morgan fingerprint density at radius 3 is 3.25 bits per heavy atom. The molecule has 0 saturated carbocycles. The number of hydrogen-bond donors (Lipinski definition) is 2. The summed E-state index contributed by atoms with van der Waals surface area (Å²) >= 11 is 0. The van der Waals surface area contributed by atoms with E-state index in [-0.39, 0.29) is 0 Å². The number of carbonyl (C=O) groups excluding carboxylic acids is 1. The minimum atomic E-state index is -2.64. The highest BCUT2D eigenvalue weighted by atomic mass is 16.1. The van der Waals surface area contributed by atoms with Gasteiger partial charge in [0.1, 0.15) is 0 Å². The molecular weight excluding hydrogens is 104 g/mol. The molecule has 1 amide bonds. The number of carbonyl (C=O) groups is 1. The maximum atomic E-state index is 11.0. The van der Waals surface area contributed by atoms with E-state index in [0.717, 1.165) is 0 Å². The lowest BCUT2D eigenvalue weighted by atomic mass is 10.1. The second-order valence-electron chi connectivity index (χ2n) is 1.34. The van der Waals surface area contributed by atoms with Gasteiger partial charge in [0.05, 0.1) is 0 Å². The molecule has 3 nitrogen and oxygen atoms in total. The fourth-order valence-corrected chi connectivity index (χ4v) is 0.424. The molecular formula is C5H10N2O. The summed E-state index contributed by atoms with van der Waals surface area (Å²) in [5.41, 5.74) is 5.02. The lowest BCUT2D eigenvalue weighted by molar-refractivity contribution is -0.119. The van der Waals surface area contributed by atoms with E-state index in [1.54, 1.807) is 5.32 Å². The molecule has 0 bridgehead atoms. The highest BCUT2D eigenvalue weighted by Gasteiger charge is 2.18. The highest BCUT2D eigenvalue weighted by molar-refractivity contribution is 5.78. The average Bonchev–Trinajstić information content (AvgIpc) is 1.93. The molecule has 3 heteroatoms. The van der Waals surface area contributed by atoms with E-state index in [0.29, 0.717) is 0 Å². The van der Waals surface area contributed by atoms with Crippen LogP contribution in [0.2, 0.25) is 0 Å². The van der Waals surface area contributed by atoms with Gasteiger partial charge in [-0.3, -0.25) is 4.79 Å². The van der Waals surface area contributed by atoms with E-state index < -0.39 is 31.2 Å². The van der Waals surface area contributed by atoms with Gasteiger partial charge in [0.15, 0.2) is 0 Å². The molecule has 1 saturated heterocycles. The molecule has 1 aliphatic rings. The molecule has 1 fully saturated rings. The van der Waals surface area contributed by atoms with Crippen molar-refractivity contribution in [2.75, 3.05) is 13.0 Å². The number of hydrogen-bond acceptors (Lipinski definition) is 2. The Bertz CT molecular complexity index is 272. The van der Waals surface area contributed by atoms with Crippen LogP contribution in [0.4, 0.5) is 0 Å². The van der Waals surface area contributed by atoms with Crippen LogP contribution in [0.5, 0.6) is 0 Å². The molecule has 0 aromatic carbocycles. The Labute approximate surface area is 56.7 Å². The largest absolute Gasteiger partial charge is 0.356 e. The maximum Gasteiger partial charge on any atom is 0.220 e. The highest BCUT2D eigenvalue weighted by Crippen LogP contribution is 2.04.